The Morgan fingerprint density at radius 2 is 2.03 bits per heavy atom. The molecule has 2 aliphatic rings. The Morgan fingerprint density at radius 1 is 1.28 bits per heavy atom. The van der Waals surface area contributed by atoms with Gasteiger partial charge in [-0.05, 0) is 50.6 Å². The van der Waals surface area contributed by atoms with Crippen LogP contribution in [0.4, 0.5) is 0 Å². The second-order valence-electron chi connectivity index (χ2n) is 8.34. The molecule has 0 aromatic carbocycles. The molecule has 0 radical (unpaired) electrons. The third-order valence-corrected chi connectivity index (χ3v) is 6.18. The monoisotopic (exact) mass is 399 g/mol. The van der Waals surface area contributed by atoms with E-state index in [1.54, 1.807) is 6.07 Å². The van der Waals surface area contributed by atoms with Crippen molar-refractivity contribution in [2.45, 2.75) is 70.4 Å². The number of pyridine rings is 1. The Kier molecular flexibility index (Phi) is 5.54. The lowest BCUT2D eigenvalue weighted by Crippen LogP contribution is -2.45. The van der Waals surface area contributed by atoms with Gasteiger partial charge >= 0.3 is 5.69 Å². The molecule has 2 atom stereocenters. The van der Waals surface area contributed by atoms with Crippen LogP contribution < -0.4 is 22.3 Å². The number of rotatable bonds is 6. The van der Waals surface area contributed by atoms with E-state index in [-0.39, 0.29) is 23.3 Å². The van der Waals surface area contributed by atoms with E-state index in [9.17, 15) is 14.4 Å². The summed E-state index contributed by atoms with van der Waals surface area (Å²) < 4.78 is 1.47. The van der Waals surface area contributed by atoms with Crippen LogP contribution in [0.5, 0.6) is 0 Å². The van der Waals surface area contributed by atoms with Gasteiger partial charge in [0.1, 0.15) is 0 Å². The molecule has 2 saturated carbocycles. The summed E-state index contributed by atoms with van der Waals surface area (Å²) in [5, 5.41) is 3.32. The number of amides is 1. The molecule has 156 valence electrons. The molecule has 2 fully saturated rings. The Morgan fingerprint density at radius 3 is 2.72 bits per heavy atom. The fraction of sp³-hybridized carbons (Fsp3) is 0.619. The predicted octanol–water partition coefficient (Wildman–Crippen LogP) is 1.62. The normalized spacial score (nSPS) is 22.0. The average Bonchev–Trinajstić information content (AvgIpc) is 3.56. The number of hydrogen-bond acceptors (Lipinski definition) is 5. The highest BCUT2D eigenvalue weighted by Crippen LogP contribution is 2.40. The minimum atomic E-state index is -0.559. The van der Waals surface area contributed by atoms with Crippen LogP contribution >= 0.6 is 0 Å². The third-order valence-electron chi connectivity index (χ3n) is 6.18. The van der Waals surface area contributed by atoms with Gasteiger partial charge in [-0.15, -0.1) is 0 Å². The molecule has 0 aliphatic heterocycles. The topological polar surface area (TPSA) is 123 Å². The number of hydrogen-bond donors (Lipinski definition) is 3. The highest BCUT2D eigenvalue weighted by Gasteiger charge is 2.30. The number of carbonyl (C=O) groups is 1. The van der Waals surface area contributed by atoms with Crippen molar-refractivity contribution in [3.05, 3.63) is 38.2 Å². The van der Waals surface area contributed by atoms with Crippen LogP contribution in [0.3, 0.4) is 0 Å². The maximum absolute atomic E-state index is 13.3. The molecule has 2 unspecified atom stereocenters. The molecular formula is C21H29N5O3. The van der Waals surface area contributed by atoms with Gasteiger partial charge in [-0.1, -0.05) is 19.8 Å². The zero-order valence-electron chi connectivity index (χ0n) is 16.9. The van der Waals surface area contributed by atoms with Crippen molar-refractivity contribution >= 4 is 16.9 Å². The first kappa shape index (κ1) is 19.8. The van der Waals surface area contributed by atoms with Crippen molar-refractivity contribution in [3.63, 3.8) is 0 Å². The van der Waals surface area contributed by atoms with E-state index in [1.807, 2.05) is 6.92 Å². The number of carbonyl (C=O) groups excluding carboxylic acids is 1. The van der Waals surface area contributed by atoms with E-state index in [0.717, 1.165) is 50.6 Å². The van der Waals surface area contributed by atoms with Crippen molar-refractivity contribution in [1.82, 2.24) is 19.9 Å². The van der Waals surface area contributed by atoms with E-state index in [0.29, 0.717) is 30.2 Å². The fourth-order valence-corrected chi connectivity index (χ4v) is 4.42. The third kappa shape index (κ3) is 3.85. The maximum atomic E-state index is 13.3. The van der Waals surface area contributed by atoms with Gasteiger partial charge in [0.25, 0.3) is 11.5 Å². The quantitative estimate of drug-likeness (QED) is 0.681. The van der Waals surface area contributed by atoms with Crippen molar-refractivity contribution in [2.24, 2.45) is 11.7 Å². The molecule has 2 aromatic heterocycles. The van der Waals surface area contributed by atoms with Crippen LogP contribution in [-0.2, 0) is 6.54 Å². The van der Waals surface area contributed by atoms with Crippen molar-refractivity contribution in [2.75, 3.05) is 6.54 Å². The molecule has 2 aliphatic carbocycles. The first-order valence-corrected chi connectivity index (χ1v) is 10.7. The van der Waals surface area contributed by atoms with Crippen LogP contribution in [0.25, 0.3) is 11.0 Å². The summed E-state index contributed by atoms with van der Waals surface area (Å²) in [6.45, 7) is 2.93. The van der Waals surface area contributed by atoms with Crippen molar-refractivity contribution < 1.29 is 4.79 Å². The molecule has 2 aromatic rings. The molecule has 0 saturated heterocycles. The molecular weight excluding hydrogens is 370 g/mol. The second kappa shape index (κ2) is 8.10. The Labute approximate surface area is 168 Å². The van der Waals surface area contributed by atoms with E-state index < -0.39 is 11.2 Å². The molecule has 1 amide bonds. The fourth-order valence-electron chi connectivity index (χ4n) is 4.42. The first-order chi connectivity index (χ1) is 14.0. The van der Waals surface area contributed by atoms with Gasteiger partial charge < -0.3 is 11.1 Å². The lowest BCUT2D eigenvalue weighted by atomic mass is 9.84. The number of aryl methyl sites for hydroxylation is 1. The summed E-state index contributed by atoms with van der Waals surface area (Å²) >= 11 is 0. The molecule has 29 heavy (non-hydrogen) atoms. The maximum Gasteiger partial charge on any atom is 0.329 e. The average molecular weight is 399 g/mol. The van der Waals surface area contributed by atoms with E-state index in [4.69, 9.17) is 5.73 Å². The van der Waals surface area contributed by atoms with Gasteiger partial charge in [0.2, 0.25) is 0 Å². The molecule has 2 heterocycles. The largest absolute Gasteiger partial charge is 0.349 e. The molecule has 0 bridgehead atoms. The lowest BCUT2D eigenvalue weighted by Gasteiger charge is -2.31. The molecule has 4 rings (SSSR count). The smallest absolute Gasteiger partial charge is 0.329 e. The van der Waals surface area contributed by atoms with Crippen LogP contribution in [0.15, 0.2) is 15.7 Å². The molecule has 8 nitrogen and oxygen atoms in total. The van der Waals surface area contributed by atoms with E-state index in [1.165, 1.54) is 4.57 Å². The highest BCUT2D eigenvalue weighted by atomic mass is 16.2. The summed E-state index contributed by atoms with van der Waals surface area (Å²) in [5.74, 6) is 0.263. The number of nitrogens with one attached hydrogen (secondary N) is 2. The lowest BCUT2D eigenvalue weighted by molar-refractivity contribution is 0.0909. The van der Waals surface area contributed by atoms with Crippen LogP contribution in [-0.4, -0.2) is 33.0 Å². The first-order valence-electron chi connectivity index (χ1n) is 10.7. The number of fused-ring (bicyclic) bond motifs is 1. The summed E-state index contributed by atoms with van der Waals surface area (Å²) in [5.41, 5.74) is 6.28. The van der Waals surface area contributed by atoms with Gasteiger partial charge in [0.15, 0.2) is 5.65 Å². The van der Waals surface area contributed by atoms with Crippen LogP contribution in [0.1, 0.15) is 73.8 Å². The molecule has 8 heteroatoms. The van der Waals surface area contributed by atoms with E-state index in [2.05, 4.69) is 15.3 Å². The second-order valence-corrected chi connectivity index (χ2v) is 8.34. The Hall–Kier alpha value is -2.48. The molecule has 4 N–H and O–H groups in total. The number of H-pyrrole nitrogens is 1. The Balaban J connectivity index is 1.82. The molecule has 0 spiro atoms. The van der Waals surface area contributed by atoms with E-state index >= 15 is 0 Å². The van der Waals surface area contributed by atoms with Gasteiger partial charge in [0, 0.05) is 24.2 Å². The summed E-state index contributed by atoms with van der Waals surface area (Å²) in [6, 6.07) is 1.75. The number of nitrogens with two attached hydrogens (primary N) is 1. The predicted molar refractivity (Wildman–Crippen MR) is 111 cm³/mol. The minimum absolute atomic E-state index is 0.00877. The standard InChI is InChI=1S/C21H29N5O3/c1-2-9-26-18-17(20(28)25-21(26)29)14(10-16(23-18)12-7-8-12)19(27)24-15-6-4-3-5-13(15)11-22/h10,12-13,15H,2-9,11,22H2,1H3,(H,24,27)(H,25,28,29). The summed E-state index contributed by atoms with van der Waals surface area (Å²) in [6.07, 6.45) is 6.82. The van der Waals surface area contributed by atoms with Gasteiger partial charge in [0.05, 0.1) is 10.9 Å². The SMILES string of the molecule is CCCn1c(=O)[nH]c(=O)c2c(C(=O)NC3CCCCC3CN)cc(C3CC3)nc21. The van der Waals surface area contributed by atoms with Gasteiger partial charge in [-0.25, -0.2) is 9.78 Å². The van der Waals surface area contributed by atoms with Crippen molar-refractivity contribution in [1.29, 1.82) is 0 Å². The highest BCUT2D eigenvalue weighted by molar-refractivity contribution is 6.05. The van der Waals surface area contributed by atoms with Gasteiger partial charge in [-0.3, -0.25) is 19.1 Å². The minimum Gasteiger partial charge on any atom is -0.349 e. The van der Waals surface area contributed by atoms with Crippen molar-refractivity contribution in [3.8, 4) is 0 Å². The summed E-state index contributed by atoms with van der Waals surface area (Å²) in [7, 11) is 0. The zero-order chi connectivity index (χ0) is 20.5. The zero-order valence-corrected chi connectivity index (χ0v) is 16.9. The van der Waals surface area contributed by atoms with Gasteiger partial charge in [-0.2, -0.15) is 0 Å². The van der Waals surface area contributed by atoms with Crippen LogP contribution in [0, 0.1) is 5.92 Å². The number of aromatic amines is 1. The number of nitrogens with zero attached hydrogens (tertiary/aromatic N) is 2. The van der Waals surface area contributed by atoms with Crippen LogP contribution in [0.2, 0.25) is 0 Å². The number of aromatic nitrogens is 3. The summed E-state index contributed by atoms with van der Waals surface area (Å²) in [4.78, 5) is 45.3. The Bertz CT molecular complexity index is 1040.